The zero-order valence-electron chi connectivity index (χ0n) is 7.92. The van der Waals surface area contributed by atoms with Crippen molar-refractivity contribution in [1.29, 1.82) is 0 Å². The van der Waals surface area contributed by atoms with E-state index in [-0.39, 0.29) is 0 Å². The molecular formula is C11H13NO. The fourth-order valence-electron chi connectivity index (χ4n) is 1.46. The molecule has 1 aromatic carbocycles. The van der Waals surface area contributed by atoms with E-state index in [9.17, 15) is 0 Å². The van der Waals surface area contributed by atoms with E-state index in [4.69, 9.17) is 10.2 Å². The van der Waals surface area contributed by atoms with Crippen molar-refractivity contribution in [2.75, 3.05) is 0 Å². The highest BCUT2D eigenvalue weighted by atomic mass is 16.3. The smallest absolute Gasteiger partial charge is 0.134 e. The van der Waals surface area contributed by atoms with E-state index in [0.29, 0.717) is 6.54 Å². The Hall–Kier alpha value is -1.28. The van der Waals surface area contributed by atoms with Crippen LogP contribution < -0.4 is 5.73 Å². The van der Waals surface area contributed by atoms with Crippen LogP contribution in [-0.4, -0.2) is 0 Å². The van der Waals surface area contributed by atoms with Crippen molar-refractivity contribution in [3.63, 3.8) is 0 Å². The highest BCUT2D eigenvalue weighted by Gasteiger charge is 2.03. The van der Waals surface area contributed by atoms with Crippen LogP contribution in [0.1, 0.15) is 16.9 Å². The van der Waals surface area contributed by atoms with Crippen molar-refractivity contribution in [1.82, 2.24) is 0 Å². The van der Waals surface area contributed by atoms with Gasteiger partial charge in [-0.25, -0.2) is 0 Å². The topological polar surface area (TPSA) is 39.2 Å². The van der Waals surface area contributed by atoms with Crippen LogP contribution >= 0.6 is 0 Å². The molecule has 0 amide bonds. The maximum Gasteiger partial charge on any atom is 0.134 e. The minimum Gasteiger partial charge on any atom is -0.460 e. The van der Waals surface area contributed by atoms with Crippen molar-refractivity contribution < 1.29 is 4.42 Å². The van der Waals surface area contributed by atoms with Crippen molar-refractivity contribution in [2.45, 2.75) is 20.4 Å². The molecule has 0 atom stereocenters. The van der Waals surface area contributed by atoms with Gasteiger partial charge in [0.25, 0.3) is 0 Å². The van der Waals surface area contributed by atoms with Gasteiger partial charge in [0.2, 0.25) is 0 Å². The first-order valence-electron chi connectivity index (χ1n) is 4.40. The van der Waals surface area contributed by atoms with Crippen molar-refractivity contribution in [3.05, 3.63) is 35.1 Å². The Kier molecular flexibility index (Phi) is 1.85. The standard InChI is InChI=1S/C11H13NO/c1-7-3-9-5-10(6-12)13-11(9)4-8(7)2/h3-5H,6,12H2,1-2H3. The molecule has 0 fully saturated rings. The Morgan fingerprint density at radius 1 is 1.15 bits per heavy atom. The van der Waals surface area contributed by atoms with Gasteiger partial charge in [0.15, 0.2) is 0 Å². The number of fused-ring (bicyclic) bond motifs is 1. The van der Waals surface area contributed by atoms with E-state index in [2.05, 4.69) is 26.0 Å². The number of furan rings is 1. The summed E-state index contributed by atoms with van der Waals surface area (Å²) in [5.74, 6) is 0.847. The molecule has 0 unspecified atom stereocenters. The number of hydrogen-bond acceptors (Lipinski definition) is 2. The lowest BCUT2D eigenvalue weighted by atomic mass is 10.1. The molecule has 68 valence electrons. The van der Waals surface area contributed by atoms with Crippen LogP contribution in [-0.2, 0) is 6.54 Å². The second-order valence-corrected chi connectivity index (χ2v) is 3.39. The summed E-state index contributed by atoms with van der Waals surface area (Å²) >= 11 is 0. The van der Waals surface area contributed by atoms with Gasteiger partial charge in [-0.1, -0.05) is 0 Å². The molecule has 1 aromatic heterocycles. The lowest BCUT2D eigenvalue weighted by molar-refractivity contribution is 0.552. The largest absolute Gasteiger partial charge is 0.460 e. The molecule has 2 rings (SSSR count). The predicted octanol–water partition coefficient (Wildman–Crippen LogP) is 2.51. The first-order valence-corrected chi connectivity index (χ1v) is 4.40. The third-order valence-corrected chi connectivity index (χ3v) is 2.38. The first kappa shape index (κ1) is 8.32. The van der Waals surface area contributed by atoms with E-state index in [1.165, 1.54) is 11.1 Å². The van der Waals surface area contributed by atoms with Crippen molar-refractivity contribution in [2.24, 2.45) is 5.73 Å². The van der Waals surface area contributed by atoms with E-state index < -0.39 is 0 Å². The van der Waals surface area contributed by atoms with Gasteiger partial charge in [-0.15, -0.1) is 0 Å². The molecule has 0 aliphatic carbocycles. The fourth-order valence-corrected chi connectivity index (χ4v) is 1.46. The normalized spacial score (nSPS) is 11.0. The fraction of sp³-hybridized carbons (Fsp3) is 0.273. The van der Waals surface area contributed by atoms with Gasteiger partial charge < -0.3 is 10.2 Å². The molecule has 2 aromatic rings. The molecule has 0 bridgehead atoms. The van der Waals surface area contributed by atoms with Gasteiger partial charge in [-0.3, -0.25) is 0 Å². The molecule has 0 saturated carbocycles. The molecule has 0 aliphatic heterocycles. The second-order valence-electron chi connectivity index (χ2n) is 3.39. The van der Waals surface area contributed by atoms with Crippen LogP contribution in [0.5, 0.6) is 0 Å². The highest BCUT2D eigenvalue weighted by molar-refractivity contribution is 5.79. The summed E-state index contributed by atoms with van der Waals surface area (Å²) in [4.78, 5) is 0. The van der Waals surface area contributed by atoms with Crippen LogP contribution in [0.25, 0.3) is 11.0 Å². The summed E-state index contributed by atoms with van der Waals surface area (Å²) in [5.41, 5.74) is 8.97. The molecule has 0 aliphatic rings. The first-order chi connectivity index (χ1) is 6.20. The van der Waals surface area contributed by atoms with E-state index >= 15 is 0 Å². The van der Waals surface area contributed by atoms with Gasteiger partial charge in [0.05, 0.1) is 6.54 Å². The van der Waals surface area contributed by atoms with Crippen LogP contribution in [0.2, 0.25) is 0 Å². The number of hydrogen-bond donors (Lipinski definition) is 1. The monoisotopic (exact) mass is 175 g/mol. The predicted molar refractivity (Wildman–Crippen MR) is 53.6 cm³/mol. The Bertz CT molecular complexity index is 404. The number of benzene rings is 1. The van der Waals surface area contributed by atoms with Gasteiger partial charge in [0, 0.05) is 5.39 Å². The molecule has 0 radical (unpaired) electrons. The van der Waals surface area contributed by atoms with Gasteiger partial charge in [-0.05, 0) is 43.2 Å². The van der Waals surface area contributed by atoms with E-state index in [0.717, 1.165) is 16.7 Å². The summed E-state index contributed by atoms with van der Waals surface area (Å²) < 4.78 is 5.53. The zero-order valence-corrected chi connectivity index (χ0v) is 7.92. The zero-order chi connectivity index (χ0) is 9.42. The summed E-state index contributed by atoms with van der Waals surface area (Å²) in [6, 6.07) is 6.19. The Morgan fingerprint density at radius 3 is 2.54 bits per heavy atom. The maximum absolute atomic E-state index is 5.53. The number of nitrogens with two attached hydrogens (primary N) is 1. The maximum atomic E-state index is 5.53. The molecule has 2 nitrogen and oxygen atoms in total. The minimum atomic E-state index is 0.465. The third-order valence-electron chi connectivity index (χ3n) is 2.38. The summed E-state index contributed by atoms with van der Waals surface area (Å²) in [5, 5.41) is 1.14. The van der Waals surface area contributed by atoms with E-state index in [1.54, 1.807) is 0 Å². The van der Waals surface area contributed by atoms with Crippen LogP contribution in [0.3, 0.4) is 0 Å². The lowest BCUT2D eigenvalue weighted by Crippen LogP contribution is -1.92. The Labute approximate surface area is 77.3 Å². The highest BCUT2D eigenvalue weighted by Crippen LogP contribution is 2.22. The van der Waals surface area contributed by atoms with Crippen molar-refractivity contribution in [3.8, 4) is 0 Å². The molecule has 0 saturated heterocycles. The lowest BCUT2D eigenvalue weighted by Gasteiger charge is -1.97. The van der Waals surface area contributed by atoms with Gasteiger partial charge >= 0.3 is 0 Å². The molecule has 2 heteroatoms. The minimum absolute atomic E-state index is 0.465. The van der Waals surface area contributed by atoms with E-state index in [1.807, 2.05) is 6.07 Å². The average Bonchev–Trinajstić information content (AvgIpc) is 2.48. The third kappa shape index (κ3) is 1.33. The number of aryl methyl sites for hydroxylation is 2. The number of rotatable bonds is 1. The molecular weight excluding hydrogens is 162 g/mol. The SMILES string of the molecule is Cc1cc2cc(CN)oc2cc1C. The Morgan fingerprint density at radius 2 is 1.85 bits per heavy atom. The van der Waals surface area contributed by atoms with Gasteiger partial charge in [-0.2, -0.15) is 0 Å². The van der Waals surface area contributed by atoms with Crippen molar-refractivity contribution >= 4 is 11.0 Å². The summed E-state index contributed by atoms with van der Waals surface area (Å²) in [6.07, 6.45) is 0. The van der Waals surface area contributed by atoms with Gasteiger partial charge in [0.1, 0.15) is 11.3 Å². The van der Waals surface area contributed by atoms with Crippen LogP contribution in [0, 0.1) is 13.8 Å². The molecule has 0 spiro atoms. The van der Waals surface area contributed by atoms with Crippen LogP contribution in [0.4, 0.5) is 0 Å². The molecule has 2 N–H and O–H groups in total. The quantitative estimate of drug-likeness (QED) is 0.723. The Balaban J connectivity index is 2.70. The molecule has 13 heavy (non-hydrogen) atoms. The summed E-state index contributed by atoms with van der Waals surface area (Å²) in [6.45, 7) is 4.65. The molecule has 1 heterocycles. The summed E-state index contributed by atoms with van der Waals surface area (Å²) in [7, 11) is 0. The van der Waals surface area contributed by atoms with Crippen LogP contribution in [0.15, 0.2) is 22.6 Å². The second kappa shape index (κ2) is 2.89. The average molecular weight is 175 g/mol.